The van der Waals surface area contributed by atoms with Crippen molar-refractivity contribution in [1.29, 1.82) is 0 Å². The number of rotatable bonds is 17. The van der Waals surface area contributed by atoms with Crippen molar-refractivity contribution in [1.82, 2.24) is 5.32 Å². The number of ether oxygens (including phenoxy) is 3. The summed E-state index contributed by atoms with van der Waals surface area (Å²) in [6, 6.07) is 6.12. The highest BCUT2D eigenvalue weighted by Crippen LogP contribution is 2.26. The molecule has 0 aliphatic carbocycles. The van der Waals surface area contributed by atoms with Gasteiger partial charge in [-0.1, -0.05) is 22.6 Å². The summed E-state index contributed by atoms with van der Waals surface area (Å²) in [5.74, 6) is -0.627. The van der Waals surface area contributed by atoms with E-state index in [1.54, 1.807) is 12.1 Å². The number of anilines is 1. The average Bonchev–Trinajstić information content (AvgIpc) is 2.87. The SMILES string of the molecule is O=C(CI)Nc1ccc(C(=O)NCCOCCO[C@H]2C(COS(=O)(=O)O)OCC(OS(=O)(=O)O)[C@H]2OS(=O)(=O)O)cc1. The molecule has 1 aliphatic rings. The monoisotopic (exact) mass is 778 g/mol. The highest BCUT2D eigenvalue weighted by molar-refractivity contribution is 14.1. The minimum absolute atomic E-state index is 0.0329. The first-order valence-electron chi connectivity index (χ1n) is 11.5. The van der Waals surface area contributed by atoms with Gasteiger partial charge in [-0.25, -0.2) is 12.5 Å². The van der Waals surface area contributed by atoms with Crippen LogP contribution in [0.4, 0.5) is 5.69 Å². The zero-order valence-electron chi connectivity index (χ0n) is 21.2. The normalized spacial score (nSPS) is 21.5. The van der Waals surface area contributed by atoms with Crippen LogP contribution in [0.25, 0.3) is 0 Å². The lowest BCUT2D eigenvalue weighted by molar-refractivity contribution is -0.200. The molecule has 1 heterocycles. The van der Waals surface area contributed by atoms with Crippen molar-refractivity contribution in [3.63, 3.8) is 0 Å². The Kier molecular flexibility index (Phi) is 14.3. The van der Waals surface area contributed by atoms with Crippen molar-refractivity contribution in [3.05, 3.63) is 29.8 Å². The van der Waals surface area contributed by atoms with Gasteiger partial charge < -0.3 is 24.8 Å². The summed E-state index contributed by atoms with van der Waals surface area (Å²) in [4.78, 5) is 23.7. The van der Waals surface area contributed by atoms with E-state index in [-0.39, 0.29) is 30.1 Å². The number of hydrogen-bond acceptors (Lipinski definition) is 14. The van der Waals surface area contributed by atoms with E-state index in [1.165, 1.54) is 12.1 Å². The van der Waals surface area contributed by atoms with Crippen LogP contribution in [0.5, 0.6) is 0 Å². The summed E-state index contributed by atoms with van der Waals surface area (Å²) >= 11 is 1.91. The third-order valence-electron chi connectivity index (χ3n) is 5.01. The first-order chi connectivity index (χ1) is 19.5. The zero-order valence-corrected chi connectivity index (χ0v) is 25.8. The second-order valence-corrected chi connectivity index (χ2v) is 12.0. The molecule has 4 atom stereocenters. The van der Waals surface area contributed by atoms with Gasteiger partial charge in [0, 0.05) is 17.8 Å². The number of benzene rings is 1. The molecular formula is C19H27IN2O17S3. The van der Waals surface area contributed by atoms with Crippen LogP contribution in [0.3, 0.4) is 0 Å². The third-order valence-corrected chi connectivity index (χ3v) is 7.10. The Morgan fingerprint density at radius 3 is 2.12 bits per heavy atom. The van der Waals surface area contributed by atoms with E-state index in [0.717, 1.165) is 0 Å². The summed E-state index contributed by atoms with van der Waals surface area (Å²) in [5, 5.41) is 5.22. The highest BCUT2D eigenvalue weighted by Gasteiger charge is 2.47. The molecule has 240 valence electrons. The Hall–Kier alpha value is -1.62. The predicted octanol–water partition coefficient (Wildman–Crippen LogP) is -1.21. The molecule has 42 heavy (non-hydrogen) atoms. The molecule has 0 bridgehead atoms. The Morgan fingerprint density at radius 1 is 0.905 bits per heavy atom. The largest absolute Gasteiger partial charge is 0.397 e. The van der Waals surface area contributed by atoms with E-state index >= 15 is 0 Å². The van der Waals surface area contributed by atoms with E-state index in [0.29, 0.717) is 11.3 Å². The maximum atomic E-state index is 12.3. The van der Waals surface area contributed by atoms with Crippen LogP contribution in [0.15, 0.2) is 24.3 Å². The summed E-state index contributed by atoms with van der Waals surface area (Å²) < 4.78 is 123. The van der Waals surface area contributed by atoms with Gasteiger partial charge in [-0.3, -0.25) is 23.2 Å². The molecule has 2 unspecified atom stereocenters. The van der Waals surface area contributed by atoms with Gasteiger partial charge in [0.25, 0.3) is 5.91 Å². The summed E-state index contributed by atoms with van der Waals surface area (Å²) in [7, 11) is -15.5. The van der Waals surface area contributed by atoms with Crippen molar-refractivity contribution in [2.75, 3.05) is 49.3 Å². The molecule has 0 spiro atoms. The number of nitrogens with one attached hydrogen (secondary N) is 2. The Bertz CT molecular complexity index is 1370. The van der Waals surface area contributed by atoms with Crippen molar-refractivity contribution >= 4 is 71.3 Å². The van der Waals surface area contributed by atoms with E-state index in [4.69, 9.17) is 27.9 Å². The van der Waals surface area contributed by atoms with Gasteiger partial charge in [0.15, 0.2) is 0 Å². The number of alkyl halides is 1. The number of hydrogen-bond donors (Lipinski definition) is 5. The molecule has 0 radical (unpaired) electrons. The van der Waals surface area contributed by atoms with E-state index in [9.17, 15) is 34.8 Å². The van der Waals surface area contributed by atoms with Gasteiger partial charge in [-0.05, 0) is 24.3 Å². The second kappa shape index (κ2) is 16.5. The second-order valence-electron chi connectivity index (χ2n) is 8.10. The van der Waals surface area contributed by atoms with Crippen LogP contribution in [-0.2, 0) is 62.8 Å². The van der Waals surface area contributed by atoms with E-state index < -0.39 is 81.3 Å². The van der Waals surface area contributed by atoms with Gasteiger partial charge in [-0.15, -0.1) is 0 Å². The molecule has 1 aliphatic heterocycles. The van der Waals surface area contributed by atoms with Gasteiger partial charge >= 0.3 is 31.2 Å². The molecule has 1 fully saturated rings. The van der Waals surface area contributed by atoms with Crippen LogP contribution in [0.2, 0.25) is 0 Å². The topological polar surface area (TPSA) is 277 Å². The molecule has 1 aromatic rings. The lowest BCUT2D eigenvalue weighted by Crippen LogP contribution is -2.58. The molecule has 1 aromatic carbocycles. The minimum Gasteiger partial charge on any atom is -0.377 e. The van der Waals surface area contributed by atoms with Gasteiger partial charge in [0.05, 0.1) is 37.5 Å². The molecular weight excluding hydrogens is 751 g/mol. The van der Waals surface area contributed by atoms with Gasteiger partial charge in [0.1, 0.15) is 24.4 Å². The molecule has 2 amide bonds. The first-order valence-corrected chi connectivity index (χ1v) is 17.1. The first kappa shape index (κ1) is 36.6. The number of carbonyl (C=O) groups excluding carboxylic acids is 2. The maximum Gasteiger partial charge on any atom is 0.397 e. The van der Waals surface area contributed by atoms with E-state index in [1.807, 2.05) is 22.6 Å². The fraction of sp³-hybridized carbons (Fsp3) is 0.579. The average molecular weight is 779 g/mol. The Balaban J connectivity index is 1.93. The van der Waals surface area contributed by atoms with Gasteiger partial charge in [0.2, 0.25) is 5.91 Å². The molecule has 0 saturated carbocycles. The van der Waals surface area contributed by atoms with Crippen molar-refractivity contribution in [2.45, 2.75) is 24.4 Å². The highest BCUT2D eigenvalue weighted by atomic mass is 127. The molecule has 23 heteroatoms. The molecule has 19 nitrogen and oxygen atoms in total. The van der Waals surface area contributed by atoms with Crippen LogP contribution >= 0.6 is 22.6 Å². The quantitative estimate of drug-likeness (QED) is 0.0537. The maximum absolute atomic E-state index is 12.3. The molecule has 2 rings (SSSR count). The van der Waals surface area contributed by atoms with E-state index in [2.05, 4.69) is 23.2 Å². The number of carbonyl (C=O) groups is 2. The van der Waals surface area contributed by atoms with Crippen LogP contribution in [0, 0.1) is 0 Å². The van der Waals surface area contributed by atoms with Gasteiger partial charge in [-0.2, -0.15) is 25.3 Å². The zero-order chi connectivity index (χ0) is 31.6. The number of halogens is 1. The molecule has 5 N–H and O–H groups in total. The fourth-order valence-corrected chi connectivity index (χ4v) is 4.90. The van der Waals surface area contributed by atoms with Crippen LogP contribution in [0.1, 0.15) is 10.4 Å². The third kappa shape index (κ3) is 14.2. The summed E-state index contributed by atoms with van der Waals surface area (Å²) in [5.41, 5.74) is 0.833. The smallest absolute Gasteiger partial charge is 0.377 e. The number of amides is 2. The van der Waals surface area contributed by atoms with Crippen molar-refractivity contribution < 1.29 is 75.3 Å². The minimum atomic E-state index is -5.29. The molecule has 0 aromatic heterocycles. The van der Waals surface area contributed by atoms with Crippen LogP contribution in [-0.4, -0.2) is 119 Å². The predicted molar refractivity (Wildman–Crippen MR) is 147 cm³/mol. The van der Waals surface area contributed by atoms with Crippen molar-refractivity contribution in [2.24, 2.45) is 0 Å². The van der Waals surface area contributed by atoms with Crippen LogP contribution < -0.4 is 10.6 Å². The lowest BCUT2D eigenvalue weighted by atomic mass is 10.0. The summed E-state index contributed by atoms with van der Waals surface area (Å²) in [6.45, 7) is -2.38. The lowest BCUT2D eigenvalue weighted by Gasteiger charge is -2.40. The van der Waals surface area contributed by atoms with Crippen molar-refractivity contribution in [3.8, 4) is 0 Å². The fourth-order valence-electron chi connectivity index (χ4n) is 3.41. The molecule has 1 saturated heterocycles. The Morgan fingerprint density at radius 2 is 1.55 bits per heavy atom. The summed E-state index contributed by atoms with van der Waals surface area (Å²) in [6.07, 6.45) is -7.17. The Labute approximate surface area is 254 Å². The standard InChI is InChI=1S/C19H27IN2O17S3/c20-9-16(23)22-13-3-1-12(2-4-13)19(24)21-5-6-34-7-8-35-17-14(11-37-40(25,26)27)36-10-15(38-41(28,29)30)18(17)39-42(31,32)33/h1-4,14-15,17-18H,5-11H2,(H,21,24)(H,22,23)(H,25,26,27)(H,28,29,30)(H,31,32,33)/t14?,15?,17-,18+/m0/s1.